The van der Waals surface area contributed by atoms with Crippen molar-refractivity contribution in [3.8, 4) is 0 Å². The van der Waals surface area contributed by atoms with Crippen molar-refractivity contribution >= 4 is 46.4 Å². The van der Waals surface area contributed by atoms with Crippen LogP contribution in [0.3, 0.4) is 0 Å². The Labute approximate surface area is 154 Å². The van der Waals surface area contributed by atoms with E-state index in [2.05, 4.69) is 19.9 Å². The summed E-state index contributed by atoms with van der Waals surface area (Å²) in [7, 11) is 0. The van der Waals surface area contributed by atoms with Gasteiger partial charge in [0.2, 0.25) is 0 Å². The summed E-state index contributed by atoms with van der Waals surface area (Å²) in [6.45, 7) is 0. The first-order valence-electron chi connectivity index (χ1n) is 7.74. The molecule has 5 rings (SSSR count). The predicted octanol–water partition coefficient (Wildman–Crippen LogP) is 3.91. The molecule has 0 unspecified atom stereocenters. The minimum Gasteiger partial charge on any atom is -0.658 e. The zero-order valence-electron chi connectivity index (χ0n) is 13.1. The van der Waals surface area contributed by atoms with Gasteiger partial charge in [-0.15, -0.1) is 22.1 Å². The molecular formula is C20H12CoN4. The number of hydrogen-bond acceptors (Lipinski definition) is 2. The van der Waals surface area contributed by atoms with Gasteiger partial charge >= 0.3 is 16.8 Å². The molecule has 0 atom stereocenters. The molecule has 3 aromatic rings. The van der Waals surface area contributed by atoms with Gasteiger partial charge in [0, 0.05) is 0 Å². The van der Waals surface area contributed by atoms with Gasteiger partial charge in [0.05, 0.1) is 22.8 Å². The molecule has 3 aromatic heterocycles. The van der Waals surface area contributed by atoms with E-state index in [-0.39, 0.29) is 16.8 Å². The van der Waals surface area contributed by atoms with E-state index in [1.165, 1.54) is 0 Å². The average molecular weight is 367 g/mol. The maximum absolute atomic E-state index is 4.59. The van der Waals surface area contributed by atoms with Crippen molar-refractivity contribution in [2.24, 2.45) is 0 Å². The van der Waals surface area contributed by atoms with Crippen molar-refractivity contribution in [3.05, 3.63) is 71.3 Å². The first kappa shape index (κ1) is 15.6. The third kappa shape index (κ3) is 3.20. The van der Waals surface area contributed by atoms with E-state index in [0.29, 0.717) is 0 Å². The number of fused-ring (bicyclic) bond motifs is 8. The van der Waals surface area contributed by atoms with Crippen molar-refractivity contribution in [1.29, 1.82) is 0 Å². The zero-order valence-corrected chi connectivity index (χ0v) is 14.1. The molecule has 0 spiro atoms. The molecule has 1 radical (unpaired) electrons. The molecule has 4 nitrogen and oxygen atoms in total. The van der Waals surface area contributed by atoms with Crippen molar-refractivity contribution in [2.45, 2.75) is 0 Å². The molecule has 8 bridgehead atoms. The van der Waals surface area contributed by atoms with E-state index in [1.54, 1.807) is 0 Å². The molecule has 0 saturated heterocycles. The summed E-state index contributed by atoms with van der Waals surface area (Å²) >= 11 is 0. The van der Waals surface area contributed by atoms with Crippen LogP contribution in [0.15, 0.2) is 48.5 Å². The average Bonchev–Trinajstić information content (AvgIpc) is 3.32. The Morgan fingerprint density at radius 1 is 0.480 bits per heavy atom. The van der Waals surface area contributed by atoms with Crippen molar-refractivity contribution < 1.29 is 16.8 Å². The monoisotopic (exact) mass is 367 g/mol. The minimum absolute atomic E-state index is 0. The van der Waals surface area contributed by atoms with Gasteiger partial charge in [-0.25, -0.2) is 9.97 Å². The zero-order chi connectivity index (χ0) is 15.9. The summed E-state index contributed by atoms with van der Waals surface area (Å²) in [6.07, 6.45) is 7.95. The van der Waals surface area contributed by atoms with Crippen LogP contribution in [-0.4, -0.2) is 9.97 Å². The Kier molecular flexibility index (Phi) is 3.87. The van der Waals surface area contributed by atoms with E-state index in [1.807, 2.05) is 72.8 Å². The van der Waals surface area contributed by atoms with Crippen LogP contribution in [0.2, 0.25) is 0 Å². The molecule has 25 heavy (non-hydrogen) atoms. The Balaban J connectivity index is 0.00000157. The molecule has 5 heteroatoms. The fourth-order valence-corrected chi connectivity index (χ4v) is 2.83. The van der Waals surface area contributed by atoms with E-state index >= 15 is 0 Å². The first-order chi connectivity index (χ1) is 11.8. The summed E-state index contributed by atoms with van der Waals surface area (Å²) < 4.78 is 0. The van der Waals surface area contributed by atoms with Crippen LogP contribution in [0.4, 0.5) is 0 Å². The Bertz CT molecular complexity index is 990. The van der Waals surface area contributed by atoms with Gasteiger partial charge < -0.3 is 9.97 Å². The molecule has 2 aliphatic rings. The van der Waals surface area contributed by atoms with E-state index in [4.69, 9.17) is 0 Å². The second-order valence-electron chi connectivity index (χ2n) is 5.76. The van der Waals surface area contributed by atoms with Crippen LogP contribution in [-0.2, 0) is 16.8 Å². The summed E-state index contributed by atoms with van der Waals surface area (Å²) in [5.74, 6) is 0. The quantitative estimate of drug-likeness (QED) is 0.416. The fraction of sp³-hybridized carbons (Fsp3) is 0. The van der Waals surface area contributed by atoms with Crippen LogP contribution < -0.4 is 9.97 Å². The fourth-order valence-electron chi connectivity index (χ4n) is 2.83. The second-order valence-corrected chi connectivity index (χ2v) is 5.76. The van der Waals surface area contributed by atoms with Crippen LogP contribution in [0.5, 0.6) is 0 Å². The van der Waals surface area contributed by atoms with E-state index < -0.39 is 0 Å². The maximum atomic E-state index is 4.59. The summed E-state index contributed by atoms with van der Waals surface area (Å²) in [5, 5.41) is 0. The number of hydrogen-bond donors (Lipinski definition) is 0. The van der Waals surface area contributed by atoms with Gasteiger partial charge in [0.15, 0.2) is 0 Å². The minimum atomic E-state index is 0. The molecule has 2 aliphatic heterocycles. The summed E-state index contributed by atoms with van der Waals surface area (Å²) in [6, 6.07) is 15.9. The second kappa shape index (κ2) is 6.20. The topological polar surface area (TPSA) is 54.0 Å². The molecule has 0 fully saturated rings. The third-order valence-electron chi connectivity index (χ3n) is 3.92. The molecule has 5 heterocycles. The Morgan fingerprint density at radius 2 is 0.760 bits per heavy atom. The van der Waals surface area contributed by atoms with Gasteiger partial charge in [-0.2, -0.15) is 0 Å². The molecular weight excluding hydrogens is 355 g/mol. The SMILES string of the molecule is C1=Cc2cc3ccc(cc4nc(cc5ccc(cc1n2)[n-]5)C=C4)[n-]3.[Co+2]. The van der Waals surface area contributed by atoms with Gasteiger partial charge in [0.25, 0.3) is 0 Å². The molecule has 0 aliphatic carbocycles. The van der Waals surface area contributed by atoms with E-state index in [9.17, 15) is 0 Å². The smallest absolute Gasteiger partial charge is 0.658 e. The number of nitrogens with zero attached hydrogens (tertiary/aromatic N) is 4. The normalized spacial score (nSPS) is 12.2. The number of aromatic nitrogens is 4. The molecule has 0 saturated carbocycles. The standard InChI is InChI=1S/C20H12N4.Co/c1-2-14-10-16-5-6-18(23-16)12-20-8-7-19(24-20)11-17-4-3-15(22-17)9-13(1)21-14;/h1-12H;/q-2;+2. The van der Waals surface area contributed by atoms with Gasteiger partial charge in [-0.1, -0.05) is 48.5 Å². The summed E-state index contributed by atoms with van der Waals surface area (Å²) in [4.78, 5) is 18.4. The van der Waals surface area contributed by atoms with Crippen LogP contribution in [0, 0.1) is 0 Å². The largest absolute Gasteiger partial charge is 2.00 e. The molecule has 0 N–H and O–H groups in total. The predicted molar refractivity (Wildman–Crippen MR) is 96.8 cm³/mol. The Morgan fingerprint density at radius 3 is 1.04 bits per heavy atom. The van der Waals surface area contributed by atoms with Crippen molar-refractivity contribution in [1.82, 2.24) is 19.9 Å². The Hall–Kier alpha value is -2.89. The molecule has 0 amide bonds. The number of rotatable bonds is 0. The van der Waals surface area contributed by atoms with Crippen molar-refractivity contribution in [3.63, 3.8) is 0 Å². The van der Waals surface area contributed by atoms with Crippen LogP contribution in [0.1, 0.15) is 22.8 Å². The van der Waals surface area contributed by atoms with Crippen molar-refractivity contribution in [2.75, 3.05) is 0 Å². The maximum Gasteiger partial charge on any atom is 2.00 e. The van der Waals surface area contributed by atoms with Gasteiger partial charge in [-0.05, 0) is 24.3 Å². The van der Waals surface area contributed by atoms with Gasteiger partial charge in [0.1, 0.15) is 0 Å². The van der Waals surface area contributed by atoms with E-state index in [0.717, 1.165) is 44.8 Å². The van der Waals surface area contributed by atoms with Crippen LogP contribution in [0.25, 0.3) is 46.4 Å². The van der Waals surface area contributed by atoms with Crippen LogP contribution >= 0.6 is 0 Å². The molecule has 121 valence electrons. The first-order valence-corrected chi connectivity index (χ1v) is 7.74. The molecule has 0 aromatic carbocycles. The van der Waals surface area contributed by atoms with Gasteiger partial charge in [-0.3, -0.25) is 0 Å². The summed E-state index contributed by atoms with van der Waals surface area (Å²) in [5.41, 5.74) is 7.15. The third-order valence-corrected chi connectivity index (χ3v) is 3.92.